The number of hydrogen-bond acceptors (Lipinski definition) is 5. The maximum absolute atomic E-state index is 13.9. The molecular formula is C27H21ClFN3O4S. The number of aromatic nitrogens is 2. The summed E-state index contributed by atoms with van der Waals surface area (Å²) in [6.07, 6.45) is 7.64. The zero-order valence-corrected chi connectivity index (χ0v) is 21.5. The summed E-state index contributed by atoms with van der Waals surface area (Å²) in [4.78, 5) is 30.8. The van der Waals surface area contributed by atoms with Crippen molar-refractivity contribution in [1.29, 1.82) is 0 Å². The zero-order chi connectivity index (χ0) is 26.5. The molecular weight excluding hydrogens is 517 g/mol. The van der Waals surface area contributed by atoms with Crippen LogP contribution in [0.25, 0.3) is 27.4 Å². The first-order valence-electron chi connectivity index (χ1n) is 11.3. The second-order valence-corrected chi connectivity index (χ2v) is 11.1. The first kappa shape index (κ1) is 24.9. The lowest BCUT2D eigenvalue weighted by atomic mass is 9.93. The molecule has 0 saturated carbocycles. The monoisotopic (exact) mass is 537 g/mol. The van der Waals surface area contributed by atoms with E-state index in [1.807, 2.05) is 23.8 Å². The lowest BCUT2D eigenvalue weighted by Crippen LogP contribution is -2.32. The number of aryl methyl sites for hydroxylation is 1. The molecule has 37 heavy (non-hydrogen) atoms. The van der Waals surface area contributed by atoms with E-state index in [1.165, 1.54) is 24.4 Å². The molecule has 0 unspecified atom stereocenters. The molecule has 0 spiro atoms. The number of hydrogen-bond donors (Lipinski definition) is 1. The summed E-state index contributed by atoms with van der Waals surface area (Å²) in [7, 11) is -3.92. The molecule has 1 N–H and O–H groups in total. The third-order valence-corrected chi connectivity index (χ3v) is 7.15. The van der Waals surface area contributed by atoms with Crippen LogP contribution in [0.3, 0.4) is 0 Å². The van der Waals surface area contributed by atoms with Gasteiger partial charge in [0.15, 0.2) is 5.78 Å². The van der Waals surface area contributed by atoms with Gasteiger partial charge in [-0.15, -0.1) is 0 Å². The van der Waals surface area contributed by atoms with Gasteiger partial charge in [0.2, 0.25) is 10.0 Å². The van der Waals surface area contributed by atoms with E-state index in [-0.39, 0.29) is 29.5 Å². The fraction of sp³-hybridized carbons (Fsp3) is 0.148. The number of ketones is 1. The highest BCUT2D eigenvalue weighted by molar-refractivity contribution is 7.89. The second-order valence-electron chi connectivity index (χ2n) is 8.93. The summed E-state index contributed by atoms with van der Waals surface area (Å²) in [5, 5.41) is 1.28. The normalized spacial score (nSPS) is 13.8. The van der Waals surface area contributed by atoms with Crippen molar-refractivity contribution in [2.24, 2.45) is 0 Å². The van der Waals surface area contributed by atoms with Crippen molar-refractivity contribution in [3.8, 4) is 0 Å². The molecule has 188 valence electrons. The highest BCUT2D eigenvalue weighted by atomic mass is 35.5. The van der Waals surface area contributed by atoms with Gasteiger partial charge in [-0.3, -0.25) is 14.6 Å². The Bertz CT molecular complexity index is 1810. The van der Waals surface area contributed by atoms with Crippen LogP contribution in [0, 0.1) is 12.7 Å². The van der Waals surface area contributed by atoms with Crippen LogP contribution in [0.5, 0.6) is 0 Å². The van der Waals surface area contributed by atoms with Crippen LogP contribution in [0.1, 0.15) is 33.6 Å². The molecule has 2 heterocycles. The minimum Gasteiger partial charge on any atom is -0.331 e. The zero-order valence-electron chi connectivity index (χ0n) is 19.9. The second kappa shape index (κ2) is 9.24. The SMILES string of the molecule is Cc1ccc2c(c1)c(C1=CC=CCC1=O)c(C(=O)NS(C)(=O)=O)n2Cc1cnc2ccc(F)cc2c1Cl. The number of allylic oxidation sites excluding steroid dienone is 4. The van der Waals surface area contributed by atoms with Gasteiger partial charge in [0, 0.05) is 45.6 Å². The molecule has 5 rings (SSSR count). The molecule has 4 aromatic rings. The van der Waals surface area contributed by atoms with Gasteiger partial charge in [-0.25, -0.2) is 17.5 Å². The van der Waals surface area contributed by atoms with Crippen molar-refractivity contribution in [3.05, 3.63) is 94.0 Å². The van der Waals surface area contributed by atoms with E-state index in [9.17, 15) is 22.4 Å². The number of fused-ring (bicyclic) bond motifs is 2. The minimum absolute atomic E-state index is 0.00340. The molecule has 10 heteroatoms. The fourth-order valence-corrected chi connectivity index (χ4v) is 5.27. The molecule has 0 fully saturated rings. The van der Waals surface area contributed by atoms with Crippen LogP contribution in [-0.4, -0.2) is 35.9 Å². The Morgan fingerprint density at radius 2 is 1.97 bits per heavy atom. The Labute approximate surface area is 217 Å². The van der Waals surface area contributed by atoms with E-state index in [1.54, 1.807) is 28.9 Å². The van der Waals surface area contributed by atoms with E-state index >= 15 is 0 Å². The number of sulfonamides is 1. The van der Waals surface area contributed by atoms with E-state index in [2.05, 4.69) is 4.98 Å². The van der Waals surface area contributed by atoms with Crippen LogP contribution in [0.2, 0.25) is 5.02 Å². The minimum atomic E-state index is -3.92. The van der Waals surface area contributed by atoms with Crippen LogP contribution in [0.15, 0.2) is 60.8 Å². The van der Waals surface area contributed by atoms with Crippen molar-refractivity contribution >= 4 is 60.7 Å². The molecule has 0 bridgehead atoms. The number of rotatable bonds is 5. The van der Waals surface area contributed by atoms with Gasteiger partial charge in [0.05, 0.1) is 23.3 Å². The molecule has 0 radical (unpaired) electrons. The van der Waals surface area contributed by atoms with Crippen LogP contribution >= 0.6 is 11.6 Å². The molecule has 0 aliphatic heterocycles. The number of pyridine rings is 1. The van der Waals surface area contributed by atoms with Gasteiger partial charge < -0.3 is 4.57 Å². The van der Waals surface area contributed by atoms with E-state index < -0.39 is 21.7 Å². The average Bonchev–Trinajstić information content (AvgIpc) is 3.13. The predicted octanol–water partition coefficient (Wildman–Crippen LogP) is 4.94. The van der Waals surface area contributed by atoms with Crippen molar-refractivity contribution in [2.45, 2.75) is 19.9 Å². The number of carbonyl (C=O) groups excluding carboxylic acids is 2. The highest BCUT2D eigenvalue weighted by Crippen LogP contribution is 2.36. The Hall–Kier alpha value is -3.82. The van der Waals surface area contributed by atoms with Gasteiger partial charge in [-0.1, -0.05) is 41.5 Å². The number of halogens is 2. The molecule has 2 aromatic carbocycles. The lowest BCUT2D eigenvalue weighted by molar-refractivity contribution is -0.113. The van der Waals surface area contributed by atoms with Crippen molar-refractivity contribution in [2.75, 3.05) is 6.26 Å². The fourth-order valence-electron chi connectivity index (χ4n) is 4.58. The van der Waals surface area contributed by atoms with Gasteiger partial charge in [-0.05, 0) is 37.3 Å². The molecule has 1 aliphatic rings. The molecule has 0 saturated heterocycles. The largest absolute Gasteiger partial charge is 0.331 e. The predicted molar refractivity (Wildman–Crippen MR) is 142 cm³/mol. The third kappa shape index (κ3) is 4.68. The van der Waals surface area contributed by atoms with Crippen LogP contribution in [0.4, 0.5) is 4.39 Å². The van der Waals surface area contributed by atoms with E-state index in [4.69, 9.17) is 11.6 Å². The van der Waals surface area contributed by atoms with Crippen molar-refractivity contribution in [3.63, 3.8) is 0 Å². The quantitative estimate of drug-likeness (QED) is 0.389. The number of nitrogens with zero attached hydrogens (tertiary/aromatic N) is 2. The number of nitrogens with one attached hydrogen (secondary N) is 1. The Morgan fingerprint density at radius 3 is 2.70 bits per heavy atom. The number of amides is 1. The van der Waals surface area contributed by atoms with Gasteiger partial charge in [0.1, 0.15) is 11.5 Å². The summed E-state index contributed by atoms with van der Waals surface area (Å²) >= 11 is 6.67. The topological polar surface area (TPSA) is 98.1 Å². The Morgan fingerprint density at radius 1 is 1.19 bits per heavy atom. The molecule has 2 aromatic heterocycles. The summed E-state index contributed by atoms with van der Waals surface area (Å²) in [5.41, 5.74) is 3.12. The van der Waals surface area contributed by atoms with E-state index in [0.29, 0.717) is 38.5 Å². The third-order valence-electron chi connectivity index (χ3n) is 6.15. The average molecular weight is 538 g/mol. The Balaban J connectivity index is 1.81. The highest BCUT2D eigenvalue weighted by Gasteiger charge is 2.30. The number of benzene rings is 2. The van der Waals surface area contributed by atoms with Crippen LogP contribution < -0.4 is 4.72 Å². The standard InChI is InChI=1S/C27H21ClFN3O4S/c1-15-7-10-22-20(11-15)24(18-5-3-4-6-23(18)33)26(27(34)31-37(2,35)36)32(22)14-16-13-30-21-9-8-17(29)12-19(21)25(16)28/h3-5,7-13H,6,14H2,1-2H3,(H,31,34). The summed E-state index contributed by atoms with van der Waals surface area (Å²) in [6, 6.07) is 9.60. The first-order chi connectivity index (χ1) is 17.5. The van der Waals surface area contributed by atoms with Gasteiger partial charge in [-0.2, -0.15) is 0 Å². The van der Waals surface area contributed by atoms with Gasteiger partial charge >= 0.3 is 0 Å². The van der Waals surface area contributed by atoms with Crippen molar-refractivity contribution < 1.29 is 22.4 Å². The smallest absolute Gasteiger partial charge is 0.282 e. The van der Waals surface area contributed by atoms with Crippen LogP contribution in [-0.2, 0) is 21.4 Å². The number of Topliss-reactive ketones (excluding diaryl/α,β-unsaturated/α-hetero) is 1. The summed E-state index contributed by atoms with van der Waals surface area (Å²) in [6.45, 7) is 1.90. The molecule has 7 nitrogen and oxygen atoms in total. The van der Waals surface area contributed by atoms with E-state index in [0.717, 1.165) is 11.8 Å². The maximum Gasteiger partial charge on any atom is 0.282 e. The molecule has 0 atom stereocenters. The summed E-state index contributed by atoms with van der Waals surface area (Å²) < 4.78 is 41.7. The van der Waals surface area contributed by atoms with Gasteiger partial charge in [0.25, 0.3) is 5.91 Å². The van der Waals surface area contributed by atoms with Crippen molar-refractivity contribution in [1.82, 2.24) is 14.3 Å². The summed E-state index contributed by atoms with van der Waals surface area (Å²) in [5.74, 6) is -1.55. The molecule has 1 amide bonds. The molecule has 1 aliphatic carbocycles. The Kier molecular flexibility index (Phi) is 6.21. The lowest BCUT2D eigenvalue weighted by Gasteiger charge is -2.15. The maximum atomic E-state index is 13.9. The first-order valence-corrected chi connectivity index (χ1v) is 13.6. The number of carbonyl (C=O) groups is 2.